The maximum Gasteiger partial charge on any atom is 0.234 e. The molecule has 1 amide bonds. The van der Waals surface area contributed by atoms with Gasteiger partial charge >= 0.3 is 0 Å². The second-order valence-electron chi connectivity index (χ2n) is 4.51. The lowest BCUT2D eigenvalue weighted by Gasteiger charge is -2.43. The van der Waals surface area contributed by atoms with Gasteiger partial charge in [-0.3, -0.25) is 9.69 Å². The van der Waals surface area contributed by atoms with Crippen LogP contribution in [-0.4, -0.2) is 36.0 Å². The van der Waals surface area contributed by atoms with E-state index in [4.69, 9.17) is 11.5 Å². The fourth-order valence-corrected chi connectivity index (χ4v) is 2.71. The lowest BCUT2D eigenvalue weighted by atomic mass is 9.97. The molecular weight excluding hydrogens is 178 g/mol. The van der Waals surface area contributed by atoms with Crippen LogP contribution in [0.2, 0.25) is 0 Å². The second-order valence-corrected chi connectivity index (χ2v) is 4.51. The average molecular weight is 197 g/mol. The number of likely N-dealkylation sites (tertiary alicyclic amines) is 1. The van der Waals surface area contributed by atoms with E-state index in [0.717, 1.165) is 25.9 Å². The zero-order valence-corrected chi connectivity index (χ0v) is 8.48. The Bertz CT molecular complexity index is 231. The topological polar surface area (TPSA) is 72.3 Å². The van der Waals surface area contributed by atoms with E-state index < -0.39 is 0 Å². The molecule has 14 heavy (non-hydrogen) atoms. The van der Waals surface area contributed by atoms with Crippen LogP contribution in [0.4, 0.5) is 0 Å². The maximum absolute atomic E-state index is 11.1. The molecule has 0 bridgehead atoms. The van der Waals surface area contributed by atoms with E-state index in [9.17, 15) is 4.79 Å². The summed E-state index contributed by atoms with van der Waals surface area (Å²) in [6, 6.07) is 0.575. The van der Waals surface area contributed by atoms with Crippen molar-refractivity contribution in [3.05, 3.63) is 0 Å². The van der Waals surface area contributed by atoms with Gasteiger partial charge in [0.15, 0.2) is 0 Å². The highest BCUT2D eigenvalue weighted by molar-refractivity contribution is 5.80. The van der Waals surface area contributed by atoms with Crippen molar-refractivity contribution >= 4 is 5.91 Å². The number of hydrogen-bond acceptors (Lipinski definition) is 3. The van der Waals surface area contributed by atoms with Gasteiger partial charge in [0, 0.05) is 12.6 Å². The normalized spacial score (nSPS) is 38.2. The molecule has 80 valence electrons. The minimum atomic E-state index is -0.160. The third-order valence-electron chi connectivity index (χ3n) is 3.71. The molecule has 0 aromatic rings. The van der Waals surface area contributed by atoms with Crippen LogP contribution in [-0.2, 0) is 4.79 Å². The van der Waals surface area contributed by atoms with Crippen molar-refractivity contribution in [3.63, 3.8) is 0 Å². The fraction of sp³-hybridized carbons (Fsp3) is 0.900. The minimum Gasteiger partial charge on any atom is -0.368 e. The van der Waals surface area contributed by atoms with Gasteiger partial charge in [-0.05, 0) is 38.1 Å². The SMILES string of the molecule is NCC1CCC(N2CCC2C(N)=O)C1. The Morgan fingerprint density at radius 2 is 2.14 bits per heavy atom. The van der Waals surface area contributed by atoms with Crippen molar-refractivity contribution in [1.29, 1.82) is 0 Å². The summed E-state index contributed by atoms with van der Waals surface area (Å²) >= 11 is 0. The number of nitrogens with zero attached hydrogens (tertiary/aromatic N) is 1. The van der Waals surface area contributed by atoms with Gasteiger partial charge in [-0.15, -0.1) is 0 Å². The first-order valence-corrected chi connectivity index (χ1v) is 5.47. The molecule has 1 saturated heterocycles. The van der Waals surface area contributed by atoms with Crippen molar-refractivity contribution < 1.29 is 4.79 Å². The Morgan fingerprint density at radius 3 is 2.57 bits per heavy atom. The number of rotatable bonds is 3. The minimum absolute atomic E-state index is 0.0107. The van der Waals surface area contributed by atoms with Gasteiger partial charge in [-0.1, -0.05) is 0 Å². The molecule has 4 N–H and O–H groups in total. The highest BCUT2D eigenvalue weighted by atomic mass is 16.1. The van der Waals surface area contributed by atoms with E-state index in [1.165, 1.54) is 12.8 Å². The summed E-state index contributed by atoms with van der Waals surface area (Å²) in [5, 5.41) is 0. The van der Waals surface area contributed by atoms with Crippen LogP contribution in [0.5, 0.6) is 0 Å². The van der Waals surface area contributed by atoms with Crippen molar-refractivity contribution in [2.45, 2.75) is 37.8 Å². The van der Waals surface area contributed by atoms with Crippen LogP contribution in [0.15, 0.2) is 0 Å². The lowest BCUT2D eigenvalue weighted by Crippen LogP contribution is -2.58. The molecule has 3 unspecified atom stereocenters. The van der Waals surface area contributed by atoms with Gasteiger partial charge in [0.1, 0.15) is 0 Å². The van der Waals surface area contributed by atoms with Crippen molar-refractivity contribution in [3.8, 4) is 0 Å². The van der Waals surface area contributed by atoms with Gasteiger partial charge in [0.2, 0.25) is 5.91 Å². The first-order chi connectivity index (χ1) is 6.72. The van der Waals surface area contributed by atoms with Gasteiger partial charge in [-0.2, -0.15) is 0 Å². The number of primary amides is 1. The summed E-state index contributed by atoms with van der Waals surface area (Å²) in [6.07, 6.45) is 4.49. The number of amides is 1. The largest absolute Gasteiger partial charge is 0.368 e. The molecule has 1 aliphatic heterocycles. The Labute approximate surface area is 84.6 Å². The maximum atomic E-state index is 11.1. The van der Waals surface area contributed by atoms with E-state index in [2.05, 4.69) is 4.90 Å². The Balaban J connectivity index is 1.88. The standard InChI is InChI=1S/C10H19N3O/c11-6-7-1-2-8(5-7)13-4-3-9(13)10(12)14/h7-9H,1-6,11H2,(H2,12,14). The first-order valence-electron chi connectivity index (χ1n) is 5.47. The molecule has 0 aromatic carbocycles. The molecule has 1 saturated carbocycles. The molecule has 4 nitrogen and oxygen atoms in total. The summed E-state index contributed by atoms with van der Waals surface area (Å²) < 4.78 is 0. The highest BCUT2D eigenvalue weighted by Gasteiger charge is 2.40. The molecular formula is C10H19N3O. The van der Waals surface area contributed by atoms with E-state index in [-0.39, 0.29) is 11.9 Å². The van der Waals surface area contributed by atoms with Crippen molar-refractivity contribution in [1.82, 2.24) is 4.90 Å². The summed E-state index contributed by atoms with van der Waals surface area (Å²) in [5.41, 5.74) is 11.0. The Kier molecular flexibility index (Phi) is 2.74. The molecule has 0 radical (unpaired) electrons. The zero-order valence-electron chi connectivity index (χ0n) is 8.48. The monoisotopic (exact) mass is 197 g/mol. The Morgan fingerprint density at radius 1 is 1.36 bits per heavy atom. The van der Waals surface area contributed by atoms with Crippen LogP contribution >= 0.6 is 0 Å². The third kappa shape index (κ3) is 1.64. The summed E-state index contributed by atoms with van der Waals surface area (Å²) in [4.78, 5) is 13.3. The smallest absolute Gasteiger partial charge is 0.234 e. The number of carbonyl (C=O) groups is 1. The summed E-state index contributed by atoms with van der Waals surface area (Å²) in [7, 11) is 0. The number of carbonyl (C=O) groups excluding carboxylic acids is 1. The summed E-state index contributed by atoms with van der Waals surface area (Å²) in [6.45, 7) is 1.82. The highest BCUT2D eigenvalue weighted by Crippen LogP contribution is 2.33. The average Bonchev–Trinajstić information content (AvgIpc) is 2.49. The lowest BCUT2D eigenvalue weighted by molar-refractivity contribution is -0.129. The Hall–Kier alpha value is -0.610. The molecule has 2 rings (SSSR count). The van der Waals surface area contributed by atoms with Crippen LogP contribution in [0, 0.1) is 5.92 Å². The molecule has 1 aliphatic carbocycles. The van der Waals surface area contributed by atoms with Gasteiger partial charge in [0.25, 0.3) is 0 Å². The quantitative estimate of drug-likeness (QED) is 0.651. The van der Waals surface area contributed by atoms with E-state index in [1.54, 1.807) is 0 Å². The predicted octanol–water partition coefficient (Wildman–Crippen LogP) is -0.327. The number of hydrogen-bond donors (Lipinski definition) is 2. The zero-order chi connectivity index (χ0) is 10.1. The van der Waals surface area contributed by atoms with Gasteiger partial charge < -0.3 is 11.5 Å². The number of nitrogens with two attached hydrogens (primary N) is 2. The third-order valence-corrected chi connectivity index (χ3v) is 3.71. The van der Waals surface area contributed by atoms with E-state index in [0.29, 0.717) is 12.0 Å². The molecule has 3 atom stereocenters. The van der Waals surface area contributed by atoms with E-state index in [1.807, 2.05) is 0 Å². The van der Waals surface area contributed by atoms with Crippen LogP contribution in [0.3, 0.4) is 0 Å². The van der Waals surface area contributed by atoms with Crippen LogP contribution < -0.4 is 11.5 Å². The molecule has 0 aromatic heterocycles. The molecule has 1 heterocycles. The van der Waals surface area contributed by atoms with E-state index >= 15 is 0 Å². The summed E-state index contributed by atoms with van der Waals surface area (Å²) in [5.74, 6) is 0.501. The second kappa shape index (κ2) is 3.87. The van der Waals surface area contributed by atoms with Gasteiger partial charge in [-0.25, -0.2) is 0 Å². The molecule has 2 fully saturated rings. The fourth-order valence-electron chi connectivity index (χ4n) is 2.71. The first kappa shape index (κ1) is 9.93. The predicted molar refractivity (Wildman–Crippen MR) is 54.5 cm³/mol. The molecule has 2 aliphatic rings. The van der Waals surface area contributed by atoms with Crippen molar-refractivity contribution in [2.24, 2.45) is 17.4 Å². The van der Waals surface area contributed by atoms with Crippen molar-refractivity contribution in [2.75, 3.05) is 13.1 Å². The van der Waals surface area contributed by atoms with Crippen LogP contribution in [0.25, 0.3) is 0 Å². The molecule has 4 heteroatoms. The van der Waals surface area contributed by atoms with Gasteiger partial charge in [0.05, 0.1) is 6.04 Å². The molecule has 0 spiro atoms. The van der Waals surface area contributed by atoms with Crippen LogP contribution in [0.1, 0.15) is 25.7 Å².